The van der Waals surface area contributed by atoms with Crippen LogP contribution in [-0.2, 0) is 25.2 Å². The van der Waals surface area contributed by atoms with E-state index in [0.717, 1.165) is 43.7 Å². The summed E-state index contributed by atoms with van der Waals surface area (Å²) in [7, 11) is 0. The normalized spacial score (nSPS) is 21.5. The van der Waals surface area contributed by atoms with Gasteiger partial charge in [0.25, 0.3) is 5.91 Å². The molecule has 10 nitrogen and oxygen atoms in total. The first-order chi connectivity index (χ1) is 24.2. The first kappa shape index (κ1) is 36.3. The number of rotatable bonds is 11. The van der Waals surface area contributed by atoms with Crippen LogP contribution in [0.15, 0.2) is 72.9 Å². The number of nitrogens with zero attached hydrogens (tertiary/aromatic N) is 5. The molecule has 4 heterocycles. The number of piperidine rings is 1. The molecule has 0 bridgehead atoms. The highest BCUT2D eigenvalue weighted by Gasteiger charge is 2.46. The minimum absolute atomic E-state index is 0.0344. The molecular weight excluding hydrogens is 675 g/mol. The van der Waals surface area contributed by atoms with Gasteiger partial charge in [0.1, 0.15) is 0 Å². The quantitative estimate of drug-likeness (QED) is 0.282. The molecule has 0 spiro atoms. The lowest BCUT2D eigenvalue weighted by molar-refractivity contribution is -0.145. The van der Waals surface area contributed by atoms with E-state index in [0.29, 0.717) is 74.3 Å². The van der Waals surface area contributed by atoms with Crippen LogP contribution in [0.1, 0.15) is 54.2 Å². The largest absolute Gasteiger partial charge is 0.465 e. The van der Waals surface area contributed by atoms with Gasteiger partial charge in [-0.3, -0.25) is 29.7 Å². The number of piperazine rings is 1. The number of nitrogens with one attached hydrogen (secondary N) is 1. The molecule has 3 aliphatic heterocycles. The predicted molar refractivity (Wildman–Crippen MR) is 194 cm³/mol. The Hall–Kier alpha value is -3.54. The topological polar surface area (TPSA) is 98.3 Å². The Kier molecular flexibility index (Phi) is 11.8. The van der Waals surface area contributed by atoms with E-state index in [2.05, 4.69) is 20.2 Å². The third-order valence-corrected chi connectivity index (χ3v) is 11.4. The number of hydrogen-bond acceptors (Lipinski definition) is 8. The predicted octanol–water partition coefficient (Wildman–Crippen LogP) is 4.81. The van der Waals surface area contributed by atoms with Gasteiger partial charge in [0.2, 0.25) is 5.91 Å². The van der Waals surface area contributed by atoms with Crippen molar-refractivity contribution in [2.24, 2.45) is 0 Å². The molecule has 0 saturated carbocycles. The summed E-state index contributed by atoms with van der Waals surface area (Å²) >= 11 is 12.9. The second kappa shape index (κ2) is 16.2. The molecular formula is C38H46Cl2N6O4. The van der Waals surface area contributed by atoms with Crippen molar-refractivity contribution in [3.05, 3.63) is 99.8 Å². The smallest absolute Gasteiger partial charge is 0.320 e. The highest BCUT2D eigenvalue weighted by Crippen LogP contribution is 2.42. The van der Waals surface area contributed by atoms with Crippen LogP contribution in [0.4, 0.5) is 0 Å². The second-order valence-corrected chi connectivity index (χ2v) is 14.5. The van der Waals surface area contributed by atoms with Crippen molar-refractivity contribution in [2.45, 2.75) is 43.4 Å². The molecule has 2 amide bonds. The minimum atomic E-state index is -0.756. The van der Waals surface area contributed by atoms with Crippen LogP contribution >= 0.6 is 23.2 Å². The van der Waals surface area contributed by atoms with Gasteiger partial charge < -0.3 is 14.5 Å². The Labute approximate surface area is 304 Å². The van der Waals surface area contributed by atoms with E-state index in [4.69, 9.17) is 27.9 Å². The molecule has 3 aliphatic rings. The number of benzene rings is 2. The third kappa shape index (κ3) is 8.16. The molecule has 2 aromatic carbocycles. The second-order valence-electron chi connectivity index (χ2n) is 13.6. The van der Waals surface area contributed by atoms with Crippen molar-refractivity contribution in [1.82, 2.24) is 30.1 Å². The third-order valence-electron chi connectivity index (χ3n) is 10.7. The number of esters is 1. The Bertz CT molecular complexity index is 1630. The van der Waals surface area contributed by atoms with Gasteiger partial charge in [-0.1, -0.05) is 53.5 Å². The van der Waals surface area contributed by atoms with E-state index in [1.807, 2.05) is 76.6 Å². The van der Waals surface area contributed by atoms with Crippen molar-refractivity contribution in [1.29, 1.82) is 0 Å². The average Bonchev–Trinajstić information content (AvgIpc) is 3.59. The zero-order valence-electron chi connectivity index (χ0n) is 28.7. The van der Waals surface area contributed by atoms with Crippen LogP contribution in [0.5, 0.6) is 0 Å². The van der Waals surface area contributed by atoms with Crippen LogP contribution in [0.3, 0.4) is 0 Å². The Morgan fingerprint density at radius 3 is 2.26 bits per heavy atom. The molecule has 3 saturated heterocycles. The first-order valence-electron chi connectivity index (χ1n) is 17.6. The van der Waals surface area contributed by atoms with E-state index < -0.39 is 5.41 Å². The van der Waals surface area contributed by atoms with Crippen LogP contribution in [0.2, 0.25) is 10.0 Å². The molecule has 266 valence electrons. The average molecular weight is 722 g/mol. The van der Waals surface area contributed by atoms with Gasteiger partial charge in [0, 0.05) is 56.4 Å². The number of hydrazine groups is 1. The molecule has 3 aromatic rings. The first-order valence-corrected chi connectivity index (χ1v) is 18.3. The number of hydrogen-bond donors (Lipinski definition) is 1. The van der Waals surface area contributed by atoms with E-state index in [1.165, 1.54) is 0 Å². The number of aromatic nitrogens is 1. The summed E-state index contributed by atoms with van der Waals surface area (Å²) in [6.07, 6.45) is 4.69. The maximum atomic E-state index is 14.2. The van der Waals surface area contributed by atoms with Crippen LogP contribution in [0.25, 0.3) is 0 Å². The lowest BCUT2D eigenvalue weighted by atomic mass is 9.73. The number of amides is 2. The lowest BCUT2D eigenvalue weighted by Crippen LogP contribution is -2.60. The summed E-state index contributed by atoms with van der Waals surface area (Å²) in [4.78, 5) is 50.7. The number of likely N-dealkylation sites (tertiary alicyclic amines) is 2. The summed E-state index contributed by atoms with van der Waals surface area (Å²) in [6.45, 7) is 8.56. The van der Waals surface area contributed by atoms with Crippen LogP contribution < -0.4 is 5.43 Å². The fourth-order valence-electron chi connectivity index (χ4n) is 7.65. The molecule has 50 heavy (non-hydrogen) atoms. The van der Waals surface area contributed by atoms with Crippen molar-refractivity contribution >= 4 is 41.0 Å². The summed E-state index contributed by atoms with van der Waals surface area (Å²) in [6, 6.07) is 21.1. The molecule has 0 aliphatic carbocycles. The molecule has 6 rings (SSSR count). The maximum absolute atomic E-state index is 14.2. The summed E-state index contributed by atoms with van der Waals surface area (Å²) in [5, 5.41) is 2.99. The fourth-order valence-corrected chi connectivity index (χ4v) is 7.95. The summed E-state index contributed by atoms with van der Waals surface area (Å²) < 4.78 is 5.10. The van der Waals surface area contributed by atoms with E-state index in [9.17, 15) is 14.4 Å². The Balaban J connectivity index is 1.12. The molecule has 12 heteroatoms. The Morgan fingerprint density at radius 2 is 1.58 bits per heavy atom. The molecule has 1 N–H and O–H groups in total. The van der Waals surface area contributed by atoms with Gasteiger partial charge in [-0.2, -0.15) is 0 Å². The Morgan fingerprint density at radius 1 is 0.840 bits per heavy atom. The SMILES string of the molecule is CCOC(=O)CN1CCN(NC(=O)C2(c3ccccn3)CCN(CCC3(c4ccc(Cl)c(Cl)c4)CCN(C(=O)c4ccccc4)C3)CC2)CC1. The van der Waals surface area contributed by atoms with Crippen molar-refractivity contribution in [3.8, 4) is 0 Å². The van der Waals surface area contributed by atoms with Gasteiger partial charge in [-0.15, -0.1) is 0 Å². The molecule has 1 aromatic heterocycles. The number of halogens is 2. The minimum Gasteiger partial charge on any atom is -0.465 e. The van der Waals surface area contributed by atoms with E-state index >= 15 is 0 Å². The zero-order chi connectivity index (χ0) is 35.1. The molecule has 0 radical (unpaired) electrons. The monoisotopic (exact) mass is 720 g/mol. The zero-order valence-corrected chi connectivity index (χ0v) is 30.2. The highest BCUT2D eigenvalue weighted by molar-refractivity contribution is 6.42. The summed E-state index contributed by atoms with van der Waals surface area (Å²) in [5.74, 6) is -0.218. The van der Waals surface area contributed by atoms with Gasteiger partial charge in [-0.05, 0) is 94.2 Å². The van der Waals surface area contributed by atoms with Crippen LogP contribution in [0, 0.1) is 0 Å². The van der Waals surface area contributed by atoms with Crippen molar-refractivity contribution < 1.29 is 19.1 Å². The number of pyridine rings is 1. The van der Waals surface area contributed by atoms with Gasteiger partial charge in [0.15, 0.2) is 0 Å². The van der Waals surface area contributed by atoms with Gasteiger partial charge in [0.05, 0.1) is 34.3 Å². The molecule has 1 atom stereocenters. The number of ether oxygens (including phenoxy) is 1. The molecule has 1 unspecified atom stereocenters. The van der Waals surface area contributed by atoms with E-state index in [1.54, 1.807) is 13.1 Å². The molecule has 3 fully saturated rings. The van der Waals surface area contributed by atoms with E-state index in [-0.39, 0.29) is 29.7 Å². The van der Waals surface area contributed by atoms with Crippen LogP contribution in [-0.4, -0.2) is 115 Å². The number of carbonyl (C=O) groups excluding carboxylic acids is 3. The summed E-state index contributed by atoms with van der Waals surface area (Å²) in [5.41, 5.74) is 4.76. The van der Waals surface area contributed by atoms with Crippen molar-refractivity contribution in [2.75, 3.05) is 72.1 Å². The standard InChI is InChI=1S/C38H46Cl2N6O4/c1-2-50-34(47)27-44-22-24-46(25-23-44)42-36(49)38(33-10-6-7-17-41-33)15-19-43(20-16-38)18-13-37(30-11-12-31(39)32(40)26-30)14-21-45(28-37)35(48)29-8-4-3-5-9-29/h3-12,17,26H,2,13-16,18-25,27-28H2,1H3,(H,42,49). The highest BCUT2D eigenvalue weighted by atomic mass is 35.5. The maximum Gasteiger partial charge on any atom is 0.320 e. The lowest BCUT2D eigenvalue weighted by Gasteiger charge is -2.43. The van der Waals surface area contributed by atoms with Gasteiger partial charge in [-0.25, -0.2) is 5.01 Å². The van der Waals surface area contributed by atoms with Gasteiger partial charge >= 0.3 is 5.97 Å². The number of carbonyl (C=O) groups is 3. The fraction of sp³-hybridized carbons (Fsp3) is 0.474. The van der Waals surface area contributed by atoms with Crippen molar-refractivity contribution in [3.63, 3.8) is 0 Å².